The summed E-state index contributed by atoms with van der Waals surface area (Å²) in [6.07, 6.45) is 0. The van der Waals surface area contributed by atoms with E-state index in [1.54, 1.807) is 17.4 Å². The maximum absolute atomic E-state index is 12.0. The molecule has 0 aliphatic carbocycles. The third-order valence-electron chi connectivity index (χ3n) is 2.37. The fraction of sp³-hybridized carbons (Fsp3) is 0.0769. The molecular formula is C13H10Br2N2OS. The highest BCUT2D eigenvalue weighted by Gasteiger charge is 2.08. The third-order valence-corrected chi connectivity index (χ3v) is 4.80. The van der Waals surface area contributed by atoms with Gasteiger partial charge in [-0.15, -0.1) is 11.3 Å². The van der Waals surface area contributed by atoms with Crippen molar-refractivity contribution in [2.45, 2.75) is 6.92 Å². The SMILES string of the molecule is C/C(=N\NC(=O)c1ccccc1Br)c1ccc(Br)s1. The lowest BCUT2D eigenvalue weighted by Gasteiger charge is -2.03. The second-order valence-electron chi connectivity index (χ2n) is 3.72. The fourth-order valence-corrected chi connectivity index (χ4v) is 3.20. The molecule has 0 bridgehead atoms. The molecule has 19 heavy (non-hydrogen) atoms. The molecule has 2 aromatic rings. The van der Waals surface area contributed by atoms with Crippen molar-refractivity contribution in [1.29, 1.82) is 0 Å². The van der Waals surface area contributed by atoms with E-state index in [9.17, 15) is 4.79 Å². The van der Waals surface area contributed by atoms with Gasteiger partial charge in [-0.25, -0.2) is 5.43 Å². The van der Waals surface area contributed by atoms with Gasteiger partial charge in [0.15, 0.2) is 0 Å². The van der Waals surface area contributed by atoms with E-state index >= 15 is 0 Å². The van der Waals surface area contributed by atoms with E-state index in [1.165, 1.54) is 0 Å². The minimum absolute atomic E-state index is 0.234. The van der Waals surface area contributed by atoms with Crippen molar-refractivity contribution in [3.63, 3.8) is 0 Å². The Kier molecular flexibility index (Phi) is 4.90. The van der Waals surface area contributed by atoms with E-state index in [0.29, 0.717) is 5.56 Å². The summed E-state index contributed by atoms with van der Waals surface area (Å²) in [7, 11) is 0. The number of nitrogens with zero attached hydrogens (tertiary/aromatic N) is 1. The summed E-state index contributed by atoms with van der Waals surface area (Å²) in [6, 6.07) is 11.1. The number of nitrogens with one attached hydrogen (secondary N) is 1. The van der Waals surface area contributed by atoms with E-state index in [0.717, 1.165) is 18.8 Å². The van der Waals surface area contributed by atoms with Gasteiger partial charge in [0.2, 0.25) is 0 Å². The van der Waals surface area contributed by atoms with Crippen LogP contribution in [0, 0.1) is 0 Å². The van der Waals surface area contributed by atoms with Crippen LogP contribution in [0.3, 0.4) is 0 Å². The van der Waals surface area contributed by atoms with Crippen LogP contribution in [0.15, 0.2) is 49.8 Å². The normalized spacial score (nSPS) is 11.4. The van der Waals surface area contributed by atoms with Crippen molar-refractivity contribution in [3.05, 3.63) is 55.1 Å². The Labute approximate surface area is 132 Å². The molecule has 1 aromatic heterocycles. The van der Waals surface area contributed by atoms with Gasteiger partial charge in [-0.05, 0) is 63.0 Å². The molecule has 2 rings (SSSR count). The number of carbonyl (C=O) groups excluding carboxylic acids is 1. The number of halogens is 2. The lowest BCUT2D eigenvalue weighted by Crippen LogP contribution is -2.19. The van der Waals surface area contributed by atoms with Crippen molar-refractivity contribution in [3.8, 4) is 0 Å². The first-order chi connectivity index (χ1) is 9.08. The highest BCUT2D eigenvalue weighted by molar-refractivity contribution is 9.11. The van der Waals surface area contributed by atoms with Gasteiger partial charge >= 0.3 is 0 Å². The van der Waals surface area contributed by atoms with Crippen LogP contribution in [0.5, 0.6) is 0 Å². The van der Waals surface area contributed by atoms with Gasteiger partial charge < -0.3 is 0 Å². The molecule has 1 amide bonds. The Morgan fingerprint density at radius 1 is 1.21 bits per heavy atom. The average molecular weight is 402 g/mol. The molecule has 98 valence electrons. The lowest BCUT2D eigenvalue weighted by molar-refractivity contribution is 0.0954. The van der Waals surface area contributed by atoms with E-state index < -0.39 is 0 Å². The topological polar surface area (TPSA) is 41.5 Å². The summed E-state index contributed by atoms with van der Waals surface area (Å²) in [5, 5.41) is 4.11. The second-order valence-corrected chi connectivity index (χ2v) is 7.04. The predicted molar refractivity (Wildman–Crippen MR) is 85.8 cm³/mol. The van der Waals surface area contributed by atoms with Crippen LogP contribution in [0.4, 0.5) is 0 Å². The van der Waals surface area contributed by atoms with Gasteiger partial charge in [-0.3, -0.25) is 4.79 Å². The first kappa shape index (κ1) is 14.4. The molecule has 6 heteroatoms. The Morgan fingerprint density at radius 3 is 2.58 bits per heavy atom. The van der Waals surface area contributed by atoms with Crippen LogP contribution in [-0.2, 0) is 0 Å². The Bertz CT molecular complexity index is 637. The van der Waals surface area contributed by atoms with Gasteiger partial charge in [0.1, 0.15) is 0 Å². The van der Waals surface area contributed by atoms with E-state index in [2.05, 4.69) is 42.4 Å². The largest absolute Gasteiger partial charge is 0.272 e. The lowest BCUT2D eigenvalue weighted by atomic mass is 10.2. The maximum atomic E-state index is 12.0. The standard InChI is InChI=1S/C13H10Br2N2OS/c1-8(11-6-7-12(15)19-11)16-17-13(18)9-4-2-3-5-10(9)14/h2-7H,1H3,(H,17,18)/b16-8+. The summed E-state index contributed by atoms with van der Waals surface area (Å²) in [5.41, 5.74) is 3.89. The van der Waals surface area contributed by atoms with Crippen LogP contribution in [-0.4, -0.2) is 11.6 Å². The summed E-state index contributed by atoms with van der Waals surface area (Å²) >= 11 is 8.31. The third kappa shape index (κ3) is 3.75. The molecule has 1 aromatic carbocycles. The predicted octanol–water partition coefficient (Wildman–Crippen LogP) is 4.43. The number of benzene rings is 1. The minimum atomic E-state index is -0.234. The van der Waals surface area contributed by atoms with Crippen LogP contribution in [0.25, 0.3) is 0 Å². The van der Waals surface area contributed by atoms with Gasteiger partial charge in [-0.2, -0.15) is 5.10 Å². The maximum Gasteiger partial charge on any atom is 0.272 e. The zero-order valence-electron chi connectivity index (χ0n) is 9.98. The Hall–Kier alpha value is -0.980. The van der Waals surface area contributed by atoms with Crippen LogP contribution in [0.1, 0.15) is 22.2 Å². The molecule has 3 nitrogen and oxygen atoms in total. The first-order valence-electron chi connectivity index (χ1n) is 5.43. The van der Waals surface area contributed by atoms with Crippen molar-refractivity contribution in [1.82, 2.24) is 5.43 Å². The number of hydrogen-bond acceptors (Lipinski definition) is 3. The summed E-state index contributed by atoms with van der Waals surface area (Å²) in [6.45, 7) is 1.86. The summed E-state index contributed by atoms with van der Waals surface area (Å²) < 4.78 is 1.79. The van der Waals surface area contributed by atoms with Gasteiger partial charge in [-0.1, -0.05) is 12.1 Å². The molecule has 0 aliphatic rings. The minimum Gasteiger partial charge on any atom is -0.267 e. The van der Waals surface area contributed by atoms with Crippen LogP contribution in [0.2, 0.25) is 0 Å². The quantitative estimate of drug-likeness (QED) is 0.599. The molecule has 0 spiro atoms. The smallest absolute Gasteiger partial charge is 0.267 e. The van der Waals surface area contributed by atoms with Gasteiger partial charge in [0.05, 0.1) is 19.9 Å². The number of amides is 1. The van der Waals surface area contributed by atoms with E-state index in [1.807, 2.05) is 37.3 Å². The molecule has 0 saturated carbocycles. The molecule has 0 saturated heterocycles. The molecule has 1 heterocycles. The average Bonchev–Trinajstić information content (AvgIpc) is 2.83. The second kappa shape index (κ2) is 6.45. The highest BCUT2D eigenvalue weighted by Crippen LogP contribution is 2.22. The Morgan fingerprint density at radius 2 is 1.95 bits per heavy atom. The molecular weight excluding hydrogens is 392 g/mol. The Balaban J connectivity index is 2.10. The zero-order chi connectivity index (χ0) is 13.8. The highest BCUT2D eigenvalue weighted by atomic mass is 79.9. The summed E-state index contributed by atoms with van der Waals surface area (Å²) in [5.74, 6) is -0.234. The fourth-order valence-electron chi connectivity index (χ4n) is 1.40. The molecule has 0 aliphatic heterocycles. The van der Waals surface area contributed by atoms with Crippen molar-refractivity contribution >= 4 is 54.8 Å². The molecule has 0 fully saturated rings. The first-order valence-corrected chi connectivity index (χ1v) is 7.83. The van der Waals surface area contributed by atoms with Crippen molar-refractivity contribution in [2.75, 3.05) is 0 Å². The number of hydrogen-bond donors (Lipinski definition) is 1. The van der Waals surface area contributed by atoms with Crippen molar-refractivity contribution < 1.29 is 4.79 Å². The van der Waals surface area contributed by atoms with Crippen molar-refractivity contribution in [2.24, 2.45) is 5.10 Å². The summed E-state index contributed by atoms with van der Waals surface area (Å²) in [4.78, 5) is 13.0. The van der Waals surface area contributed by atoms with Crippen LogP contribution < -0.4 is 5.43 Å². The van der Waals surface area contributed by atoms with E-state index in [4.69, 9.17) is 0 Å². The zero-order valence-corrected chi connectivity index (χ0v) is 14.0. The molecule has 0 atom stereocenters. The monoisotopic (exact) mass is 400 g/mol. The number of rotatable bonds is 3. The number of hydrazone groups is 1. The van der Waals surface area contributed by atoms with E-state index in [-0.39, 0.29) is 5.91 Å². The van der Waals surface area contributed by atoms with Gasteiger partial charge in [0, 0.05) is 4.47 Å². The van der Waals surface area contributed by atoms with Crippen LogP contribution >= 0.6 is 43.2 Å². The molecule has 1 N–H and O–H groups in total. The molecule has 0 unspecified atom stereocenters. The number of carbonyl (C=O) groups is 1. The van der Waals surface area contributed by atoms with Gasteiger partial charge in [0.25, 0.3) is 5.91 Å². The number of thiophene rings is 1. The molecule has 0 radical (unpaired) electrons.